The molecule has 1 aromatic heterocycles. The molecule has 1 N–H and O–H groups in total. The number of hydrogen-bond acceptors (Lipinski definition) is 4. The third-order valence-corrected chi connectivity index (χ3v) is 2.75. The molecule has 1 aliphatic rings. The predicted molar refractivity (Wildman–Crippen MR) is 55.2 cm³/mol. The second kappa shape index (κ2) is 3.87. The standard InChI is InChI=1S/C11H16N2O2/c1-11(2)6-5-9(15-11)10(14)8-4-3-7-12-13-8/h3-4,7,9-10,14H,5-6H2,1-2H3. The smallest absolute Gasteiger partial charge is 0.124 e. The molecule has 1 fully saturated rings. The van der Waals surface area contributed by atoms with Crippen LogP contribution in [0.3, 0.4) is 0 Å². The summed E-state index contributed by atoms with van der Waals surface area (Å²) in [6.07, 6.45) is 2.60. The number of aliphatic hydroxyl groups is 1. The van der Waals surface area contributed by atoms with Crippen LogP contribution >= 0.6 is 0 Å². The fourth-order valence-corrected chi connectivity index (χ4v) is 1.90. The lowest BCUT2D eigenvalue weighted by Crippen LogP contribution is -2.24. The molecule has 0 amide bonds. The first-order chi connectivity index (χ1) is 7.08. The maximum atomic E-state index is 10.0. The highest BCUT2D eigenvalue weighted by molar-refractivity contribution is 5.06. The zero-order valence-electron chi connectivity index (χ0n) is 9.05. The van der Waals surface area contributed by atoms with Gasteiger partial charge in [0.15, 0.2) is 0 Å². The summed E-state index contributed by atoms with van der Waals surface area (Å²) in [5, 5.41) is 17.7. The fraction of sp³-hybridized carbons (Fsp3) is 0.636. The van der Waals surface area contributed by atoms with Crippen LogP contribution < -0.4 is 0 Å². The Bertz CT molecular complexity index is 327. The van der Waals surface area contributed by atoms with E-state index in [2.05, 4.69) is 10.2 Å². The lowest BCUT2D eigenvalue weighted by Gasteiger charge is -2.22. The van der Waals surface area contributed by atoms with Crippen molar-refractivity contribution in [1.82, 2.24) is 10.2 Å². The first-order valence-corrected chi connectivity index (χ1v) is 5.22. The van der Waals surface area contributed by atoms with Crippen molar-refractivity contribution in [3.8, 4) is 0 Å². The molecule has 0 radical (unpaired) electrons. The molecule has 0 spiro atoms. The molecule has 4 nitrogen and oxygen atoms in total. The van der Waals surface area contributed by atoms with Gasteiger partial charge in [0, 0.05) is 6.20 Å². The van der Waals surface area contributed by atoms with Gasteiger partial charge >= 0.3 is 0 Å². The summed E-state index contributed by atoms with van der Waals surface area (Å²) in [7, 11) is 0. The van der Waals surface area contributed by atoms with Crippen LogP contribution in [0.5, 0.6) is 0 Å². The minimum Gasteiger partial charge on any atom is -0.384 e. The molecule has 82 valence electrons. The van der Waals surface area contributed by atoms with Gasteiger partial charge in [0.25, 0.3) is 0 Å². The molecule has 0 saturated carbocycles. The van der Waals surface area contributed by atoms with Crippen LogP contribution in [0.15, 0.2) is 18.3 Å². The van der Waals surface area contributed by atoms with Crippen molar-refractivity contribution in [3.05, 3.63) is 24.0 Å². The normalized spacial score (nSPS) is 26.5. The predicted octanol–water partition coefficient (Wildman–Crippen LogP) is 1.47. The van der Waals surface area contributed by atoms with E-state index in [4.69, 9.17) is 4.74 Å². The van der Waals surface area contributed by atoms with Gasteiger partial charge in [0.1, 0.15) is 6.10 Å². The highest BCUT2D eigenvalue weighted by Gasteiger charge is 2.36. The summed E-state index contributed by atoms with van der Waals surface area (Å²) in [5.74, 6) is 0. The zero-order chi connectivity index (χ0) is 10.9. The topological polar surface area (TPSA) is 55.2 Å². The molecule has 1 aliphatic heterocycles. The molecule has 1 aromatic rings. The van der Waals surface area contributed by atoms with Crippen LogP contribution in [-0.4, -0.2) is 27.0 Å². The van der Waals surface area contributed by atoms with Crippen molar-refractivity contribution in [2.24, 2.45) is 0 Å². The van der Waals surface area contributed by atoms with Gasteiger partial charge in [-0.2, -0.15) is 10.2 Å². The highest BCUT2D eigenvalue weighted by Crippen LogP contribution is 2.35. The van der Waals surface area contributed by atoms with Crippen LogP contribution in [0.25, 0.3) is 0 Å². The molecule has 1 saturated heterocycles. The van der Waals surface area contributed by atoms with Gasteiger partial charge in [-0.05, 0) is 38.8 Å². The second-order valence-electron chi connectivity index (χ2n) is 4.55. The molecule has 0 aliphatic carbocycles. The third kappa shape index (κ3) is 2.33. The van der Waals surface area contributed by atoms with Gasteiger partial charge in [-0.15, -0.1) is 0 Å². The summed E-state index contributed by atoms with van der Waals surface area (Å²) in [6, 6.07) is 3.54. The SMILES string of the molecule is CC1(C)CCC(C(O)c2cccnn2)O1. The van der Waals surface area contributed by atoms with Crippen LogP contribution in [0.4, 0.5) is 0 Å². The Morgan fingerprint density at radius 2 is 2.40 bits per heavy atom. The minimum atomic E-state index is -0.666. The van der Waals surface area contributed by atoms with Crippen LogP contribution in [0.2, 0.25) is 0 Å². The largest absolute Gasteiger partial charge is 0.384 e. The molecule has 4 heteroatoms. The van der Waals surface area contributed by atoms with Crippen molar-refractivity contribution in [2.45, 2.75) is 44.5 Å². The average Bonchev–Trinajstić information content (AvgIpc) is 2.59. The van der Waals surface area contributed by atoms with Gasteiger partial charge in [0.2, 0.25) is 0 Å². The van der Waals surface area contributed by atoms with Gasteiger partial charge in [0.05, 0.1) is 17.4 Å². The first kappa shape index (κ1) is 10.5. The molecule has 0 bridgehead atoms. The van der Waals surface area contributed by atoms with Crippen molar-refractivity contribution in [3.63, 3.8) is 0 Å². The van der Waals surface area contributed by atoms with E-state index in [0.29, 0.717) is 5.69 Å². The van der Waals surface area contributed by atoms with Gasteiger partial charge in [-0.25, -0.2) is 0 Å². The number of rotatable bonds is 2. The van der Waals surface area contributed by atoms with Crippen molar-refractivity contribution < 1.29 is 9.84 Å². The second-order valence-corrected chi connectivity index (χ2v) is 4.55. The highest BCUT2D eigenvalue weighted by atomic mass is 16.5. The Balaban J connectivity index is 2.07. The van der Waals surface area contributed by atoms with E-state index in [1.165, 1.54) is 0 Å². The van der Waals surface area contributed by atoms with E-state index in [1.807, 2.05) is 13.8 Å². The molecule has 15 heavy (non-hydrogen) atoms. The van der Waals surface area contributed by atoms with E-state index < -0.39 is 6.10 Å². The number of aromatic nitrogens is 2. The van der Waals surface area contributed by atoms with Crippen molar-refractivity contribution in [1.29, 1.82) is 0 Å². The summed E-state index contributed by atoms with van der Waals surface area (Å²) in [4.78, 5) is 0. The molecular weight excluding hydrogens is 192 g/mol. The fourth-order valence-electron chi connectivity index (χ4n) is 1.90. The van der Waals surface area contributed by atoms with Crippen LogP contribution in [-0.2, 0) is 4.74 Å². The molecule has 2 atom stereocenters. The minimum absolute atomic E-state index is 0.131. The molecule has 0 aromatic carbocycles. The van der Waals surface area contributed by atoms with E-state index >= 15 is 0 Å². The van der Waals surface area contributed by atoms with Crippen LogP contribution in [0.1, 0.15) is 38.5 Å². The lowest BCUT2D eigenvalue weighted by atomic mass is 10.0. The Morgan fingerprint density at radius 1 is 1.60 bits per heavy atom. The number of nitrogens with zero attached hydrogens (tertiary/aromatic N) is 2. The van der Waals surface area contributed by atoms with Crippen LogP contribution in [0, 0.1) is 0 Å². The summed E-state index contributed by atoms with van der Waals surface area (Å²) >= 11 is 0. The van der Waals surface area contributed by atoms with E-state index in [-0.39, 0.29) is 11.7 Å². The van der Waals surface area contributed by atoms with Gasteiger partial charge in [-0.1, -0.05) is 0 Å². The van der Waals surface area contributed by atoms with Crippen molar-refractivity contribution in [2.75, 3.05) is 0 Å². The maximum absolute atomic E-state index is 10.0. The molecule has 2 unspecified atom stereocenters. The monoisotopic (exact) mass is 208 g/mol. The summed E-state index contributed by atoms with van der Waals surface area (Å²) in [5.41, 5.74) is 0.452. The van der Waals surface area contributed by atoms with Gasteiger partial charge < -0.3 is 9.84 Å². The lowest BCUT2D eigenvalue weighted by molar-refractivity contribution is -0.0734. The molecule has 2 rings (SSSR count). The average molecular weight is 208 g/mol. The number of hydrogen-bond donors (Lipinski definition) is 1. The van der Waals surface area contributed by atoms with E-state index in [9.17, 15) is 5.11 Å². The quantitative estimate of drug-likeness (QED) is 0.799. The maximum Gasteiger partial charge on any atom is 0.124 e. The Morgan fingerprint density at radius 3 is 2.93 bits per heavy atom. The number of ether oxygens (including phenoxy) is 1. The Hall–Kier alpha value is -1.00. The Kier molecular flexibility index (Phi) is 2.71. The van der Waals surface area contributed by atoms with Crippen molar-refractivity contribution >= 4 is 0 Å². The first-order valence-electron chi connectivity index (χ1n) is 5.22. The number of aliphatic hydroxyl groups excluding tert-OH is 1. The summed E-state index contributed by atoms with van der Waals surface area (Å²) < 4.78 is 5.75. The molecular formula is C11H16N2O2. The van der Waals surface area contributed by atoms with Gasteiger partial charge in [-0.3, -0.25) is 0 Å². The molecule has 2 heterocycles. The zero-order valence-corrected chi connectivity index (χ0v) is 9.05. The van der Waals surface area contributed by atoms with E-state index in [0.717, 1.165) is 12.8 Å². The summed E-state index contributed by atoms with van der Waals surface area (Å²) in [6.45, 7) is 4.08. The van der Waals surface area contributed by atoms with E-state index in [1.54, 1.807) is 18.3 Å². The third-order valence-electron chi connectivity index (χ3n) is 2.75. The Labute approximate surface area is 89.3 Å².